The molecule has 0 saturated carbocycles. The van der Waals surface area contributed by atoms with Crippen LogP contribution >= 0.6 is 0 Å². The molecule has 0 atom stereocenters. The number of hydrogen-bond donors (Lipinski definition) is 1. The molecule has 13 heavy (non-hydrogen) atoms. The summed E-state index contributed by atoms with van der Waals surface area (Å²) in [5.74, 6) is 0.465. The molecule has 74 valence electrons. The summed E-state index contributed by atoms with van der Waals surface area (Å²) in [6.45, 7) is 10.8. The van der Waals surface area contributed by atoms with E-state index >= 15 is 0 Å². The number of allylic oxidation sites excluding steroid dienone is 3. The maximum Gasteiger partial charge on any atom is 0.115 e. The molecule has 0 fully saturated rings. The van der Waals surface area contributed by atoms with Crippen molar-refractivity contribution in [2.75, 3.05) is 0 Å². The minimum absolute atomic E-state index is 0.0755. The molecule has 1 aliphatic rings. The zero-order valence-electron chi connectivity index (χ0n) is 9.31. The fraction of sp³-hybridized carbons (Fsp3) is 0.667. The monoisotopic (exact) mass is 180 g/mol. The summed E-state index contributed by atoms with van der Waals surface area (Å²) < 4.78 is 0. The highest BCUT2D eigenvalue weighted by molar-refractivity contribution is 5.30. The lowest BCUT2D eigenvalue weighted by molar-refractivity contribution is 0.333. The van der Waals surface area contributed by atoms with Crippen molar-refractivity contribution < 1.29 is 5.11 Å². The number of rotatable bonds is 0. The van der Waals surface area contributed by atoms with Crippen LogP contribution in [0.1, 0.15) is 41.0 Å². The summed E-state index contributed by atoms with van der Waals surface area (Å²) in [4.78, 5) is 0. The summed E-state index contributed by atoms with van der Waals surface area (Å²) in [6.07, 6.45) is 4.88. The highest BCUT2D eigenvalue weighted by Crippen LogP contribution is 2.41. The Bertz CT molecular complexity index is 261. The SMILES string of the molecule is CC1(C)C=CC(O)=C(C(C)(C)C)C1. The minimum Gasteiger partial charge on any atom is -0.508 e. The molecule has 1 aliphatic carbocycles. The van der Waals surface area contributed by atoms with E-state index < -0.39 is 0 Å². The fourth-order valence-electron chi connectivity index (χ4n) is 1.66. The van der Waals surface area contributed by atoms with Crippen LogP contribution in [0.3, 0.4) is 0 Å². The summed E-state index contributed by atoms with van der Waals surface area (Å²) in [5, 5.41) is 9.73. The third kappa shape index (κ3) is 2.36. The Morgan fingerprint density at radius 3 is 2.23 bits per heavy atom. The van der Waals surface area contributed by atoms with Gasteiger partial charge in [0.15, 0.2) is 0 Å². The van der Waals surface area contributed by atoms with Crippen molar-refractivity contribution in [2.45, 2.75) is 41.0 Å². The molecule has 0 saturated heterocycles. The third-order valence-electron chi connectivity index (χ3n) is 2.54. The lowest BCUT2D eigenvalue weighted by Gasteiger charge is -2.33. The summed E-state index contributed by atoms with van der Waals surface area (Å²) >= 11 is 0. The maximum absolute atomic E-state index is 9.73. The Morgan fingerprint density at radius 1 is 1.31 bits per heavy atom. The molecule has 0 aliphatic heterocycles. The van der Waals surface area contributed by atoms with Crippen LogP contribution in [0.4, 0.5) is 0 Å². The average Bonchev–Trinajstić information content (AvgIpc) is 1.92. The molecule has 1 nitrogen and oxygen atoms in total. The van der Waals surface area contributed by atoms with Crippen molar-refractivity contribution in [1.82, 2.24) is 0 Å². The van der Waals surface area contributed by atoms with Gasteiger partial charge in [0.2, 0.25) is 0 Å². The quantitative estimate of drug-likeness (QED) is 0.600. The molecule has 0 aromatic rings. The van der Waals surface area contributed by atoms with Crippen molar-refractivity contribution in [1.29, 1.82) is 0 Å². The van der Waals surface area contributed by atoms with E-state index in [0.717, 1.165) is 6.42 Å². The van der Waals surface area contributed by atoms with Crippen LogP contribution in [-0.4, -0.2) is 5.11 Å². The molecule has 1 rings (SSSR count). The Labute approximate surface area is 81.2 Å². The predicted octanol–water partition coefficient (Wildman–Crippen LogP) is 3.83. The first-order valence-electron chi connectivity index (χ1n) is 4.84. The molecule has 0 bridgehead atoms. The molecule has 0 spiro atoms. The average molecular weight is 180 g/mol. The molecule has 1 heteroatoms. The van der Waals surface area contributed by atoms with Gasteiger partial charge in [-0.15, -0.1) is 0 Å². The normalized spacial score (nSPS) is 22.2. The lowest BCUT2D eigenvalue weighted by atomic mass is 9.72. The minimum atomic E-state index is 0.0755. The van der Waals surface area contributed by atoms with Gasteiger partial charge in [-0.25, -0.2) is 0 Å². The van der Waals surface area contributed by atoms with Gasteiger partial charge in [0.1, 0.15) is 5.76 Å². The van der Waals surface area contributed by atoms with E-state index in [1.807, 2.05) is 6.08 Å². The highest BCUT2D eigenvalue weighted by atomic mass is 16.3. The smallest absolute Gasteiger partial charge is 0.115 e. The number of hydrogen-bond acceptors (Lipinski definition) is 1. The van der Waals surface area contributed by atoms with Crippen molar-refractivity contribution in [2.24, 2.45) is 10.8 Å². The van der Waals surface area contributed by atoms with E-state index in [4.69, 9.17) is 0 Å². The van der Waals surface area contributed by atoms with E-state index in [0.29, 0.717) is 5.76 Å². The Morgan fingerprint density at radius 2 is 1.85 bits per heavy atom. The van der Waals surface area contributed by atoms with Crippen LogP contribution in [-0.2, 0) is 0 Å². The Kier molecular flexibility index (Phi) is 2.31. The zero-order chi connectivity index (χ0) is 10.3. The standard InChI is InChI=1S/C12H20O/c1-11(2,3)9-8-12(4,5)7-6-10(9)13/h6-7,13H,8H2,1-5H3. The summed E-state index contributed by atoms with van der Waals surface area (Å²) in [7, 11) is 0. The van der Waals surface area contributed by atoms with Crippen molar-refractivity contribution >= 4 is 0 Å². The second kappa shape index (κ2) is 2.90. The molecular formula is C12H20O. The van der Waals surface area contributed by atoms with Gasteiger partial charge in [0, 0.05) is 0 Å². The van der Waals surface area contributed by atoms with Crippen molar-refractivity contribution in [3.63, 3.8) is 0 Å². The summed E-state index contributed by atoms with van der Waals surface area (Å²) in [5.41, 5.74) is 1.43. The Hall–Kier alpha value is -0.720. The summed E-state index contributed by atoms with van der Waals surface area (Å²) in [6, 6.07) is 0. The molecule has 0 amide bonds. The number of aliphatic hydroxyl groups is 1. The first-order chi connectivity index (χ1) is 5.72. The van der Waals surface area contributed by atoms with E-state index in [-0.39, 0.29) is 10.8 Å². The van der Waals surface area contributed by atoms with E-state index in [2.05, 4.69) is 40.7 Å². The topological polar surface area (TPSA) is 20.2 Å². The van der Waals surface area contributed by atoms with Crippen molar-refractivity contribution in [3.05, 3.63) is 23.5 Å². The lowest BCUT2D eigenvalue weighted by Crippen LogP contribution is -2.21. The van der Waals surface area contributed by atoms with Crippen LogP contribution in [0.25, 0.3) is 0 Å². The van der Waals surface area contributed by atoms with Gasteiger partial charge < -0.3 is 5.11 Å². The van der Waals surface area contributed by atoms with Gasteiger partial charge in [-0.05, 0) is 28.9 Å². The zero-order valence-corrected chi connectivity index (χ0v) is 9.31. The van der Waals surface area contributed by atoms with Crippen LogP contribution in [0, 0.1) is 10.8 Å². The Balaban J connectivity index is 3.03. The van der Waals surface area contributed by atoms with Crippen molar-refractivity contribution in [3.8, 4) is 0 Å². The molecule has 0 aromatic heterocycles. The maximum atomic E-state index is 9.73. The third-order valence-corrected chi connectivity index (χ3v) is 2.54. The van der Waals surface area contributed by atoms with Gasteiger partial charge >= 0.3 is 0 Å². The molecular weight excluding hydrogens is 160 g/mol. The van der Waals surface area contributed by atoms with E-state index in [9.17, 15) is 5.11 Å². The largest absolute Gasteiger partial charge is 0.508 e. The molecule has 0 unspecified atom stereocenters. The highest BCUT2D eigenvalue weighted by Gasteiger charge is 2.29. The van der Waals surface area contributed by atoms with Crippen LogP contribution in [0.15, 0.2) is 23.5 Å². The van der Waals surface area contributed by atoms with Crippen LogP contribution < -0.4 is 0 Å². The van der Waals surface area contributed by atoms with Gasteiger partial charge in [-0.3, -0.25) is 0 Å². The molecule has 1 N–H and O–H groups in total. The number of aliphatic hydroxyl groups excluding tert-OH is 1. The van der Waals surface area contributed by atoms with Crippen LogP contribution in [0.5, 0.6) is 0 Å². The van der Waals surface area contributed by atoms with Gasteiger partial charge in [-0.2, -0.15) is 0 Å². The fourth-order valence-corrected chi connectivity index (χ4v) is 1.66. The van der Waals surface area contributed by atoms with E-state index in [1.165, 1.54) is 5.57 Å². The van der Waals surface area contributed by atoms with Gasteiger partial charge in [0.05, 0.1) is 0 Å². The molecule has 0 aromatic carbocycles. The molecule has 0 radical (unpaired) electrons. The van der Waals surface area contributed by atoms with Gasteiger partial charge in [0.25, 0.3) is 0 Å². The van der Waals surface area contributed by atoms with E-state index in [1.54, 1.807) is 0 Å². The predicted molar refractivity (Wildman–Crippen MR) is 56.6 cm³/mol. The second-order valence-electron chi connectivity index (χ2n) is 5.61. The second-order valence-corrected chi connectivity index (χ2v) is 5.61. The van der Waals surface area contributed by atoms with Gasteiger partial charge in [-0.1, -0.05) is 40.7 Å². The molecule has 0 heterocycles. The first kappa shape index (κ1) is 10.4. The first-order valence-corrected chi connectivity index (χ1v) is 4.84. The van der Waals surface area contributed by atoms with Crippen LogP contribution in [0.2, 0.25) is 0 Å².